The molecule has 1 N–H and O–H groups in total. The third-order valence-corrected chi connectivity index (χ3v) is 4.24. The first-order valence-electron chi connectivity index (χ1n) is 7.36. The lowest BCUT2D eigenvalue weighted by atomic mass is 10.1. The number of thioether (sulfide) groups is 1. The van der Waals surface area contributed by atoms with Crippen molar-refractivity contribution in [2.24, 2.45) is 16.1 Å². The average Bonchev–Trinajstić information content (AvgIpc) is 2.96. The molecule has 0 bridgehead atoms. The first kappa shape index (κ1) is 16.5. The molecule has 0 unspecified atom stereocenters. The molecule has 1 heterocycles. The highest BCUT2D eigenvalue weighted by Crippen LogP contribution is 2.15. The Kier molecular flexibility index (Phi) is 6.00. The van der Waals surface area contributed by atoms with Crippen LogP contribution in [0.1, 0.15) is 32.8 Å². The van der Waals surface area contributed by atoms with Gasteiger partial charge in [-0.2, -0.15) is 5.10 Å². The standard InChI is InChI=1S/C16H21N3O2S/c1-4-11(2)9-21-14-7-5-13(6-8-14)12(3)18-19-16-17-15(20)10-22-16/h5-8,11H,4,9-10H2,1-3H3,(H,17,19,20)/b18-12-/t11-/m1/s1. The van der Waals surface area contributed by atoms with Crippen molar-refractivity contribution >= 4 is 28.5 Å². The Bertz CT molecular complexity index is 582. The molecule has 0 radical (unpaired) electrons. The van der Waals surface area contributed by atoms with E-state index in [1.54, 1.807) is 0 Å². The van der Waals surface area contributed by atoms with Crippen molar-refractivity contribution in [1.29, 1.82) is 0 Å². The minimum absolute atomic E-state index is 0.0283. The van der Waals surface area contributed by atoms with E-state index in [0.717, 1.165) is 30.1 Å². The van der Waals surface area contributed by atoms with E-state index in [0.29, 0.717) is 16.8 Å². The zero-order valence-corrected chi connectivity index (χ0v) is 13.9. The van der Waals surface area contributed by atoms with Crippen molar-refractivity contribution in [2.45, 2.75) is 27.2 Å². The van der Waals surface area contributed by atoms with Crippen LogP contribution in [0.5, 0.6) is 5.75 Å². The van der Waals surface area contributed by atoms with Gasteiger partial charge in [-0.15, -0.1) is 5.10 Å². The molecule has 0 saturated carbocycles. The molecule has 2 rings (SSSR count). The van der Waals surface area contributed by atoms with Gasteiger partial charge in [-0.3, -0.25) is 4.79 Å². The summed E-state index contributed by atoms with van der Waals surface area (Å²) in [5.41, 5.74) is 1.78. The van der Waals surface area contributed by atoms with Crippen LogP contribution in [0.3, 0.4) is 0 Å². The van der Waals surface area contributed by atoms with Gasteiger partial charge in [0.05, 0.1) is 18.1 Å². The van der Waals surface area contributed by atoms with Crippen molar-refractivity contribution < 1.29 is 9.53 Å². The third-order valence-electron chi connectivity index (χ3n) is 3.38. The van der Waals surface area contributed by atoms with Crippen molar-refractivity contribution in [3.05, 3.63) is 29.8 Å². The second-order valence-electron chi connectivity index (χ2n) is 5.28. The van der Waals surface area contributed by atoms with Gasteiger partial charge in [0, 0.05) is 0 Å². The monoisotopic (exact) mass is 319 g/mol. The topological polar surface area (TPSA) is 63.1 Å². The van der Waals surface area contributed by atoms with E-state index in [9.17, 15) is 4.79 Å². The number of ether oxygens (including phenoxy) is 1. The number of rotatable bonds is 6. The maximum absolute atomic E-state index is 11.1. The summed E-state index contributed by atoms with van der Waals surface area (Å²) in [6.45, 7) is 6.95. The van der Waals surface area contributed by atoms with Gasteiger partial charge in [-0.25, -0.2) is 0 Å². The van der Waals surface area contributed by atoms with Crippen molar-refractivity contribution in [3.63, 3.8) is 0 Å². The quantitative estimate of drug-likeness (QED) is 0.647. The van der Waals surface area contributed by atoms with E-state index in [1.165, 1.54) is 11.8 Å². The summed E-state index contributed by atoms with van der Waals surface area (Å²) >= 11 is 1.36. The first-order valence-corrected chi connectivity index (χ1v) is 8.35. The van der Waals surface area contributed by atoms with Crippen LogP contribution in [0, 0.1) is 5.92 Å². The Labute approximate surface area is 135 Å². The highest BCUT2D eigenvalue weighted by Gasteiger charge is 2.16. The summed E-state index contributed by atoms with van der Waals surface area (Å²) in [5.74, 6) is 1.80. The van der Waals surface area contributed by atoms with E-state index in [1.807, 2.05) is 31.2 Å². The Hall–Kier alpha value is -1.82. The fourth-order valence-corrected chi connectivity index (χ4v) is 2.33. The van der Waals surface area contributed by atoms with Crippen LogP contribution in [0.4, 0.5) is 0 Å². The van der Waals surface area contributed by atoms with Gasteiger partial charge in [0.25, 0.3) is 0 Å². The van der Waals surface area contributed by atoms with Crippen LogP contribution in [0.15, 0.2) is 34.5 Å². The summed E-state index contributed by atoms with van der Waals surface area (Å²) < 4.78 is 5.73. The van der Waals surface area contributed by atoms with Crippen LogP contribution in [0.2, 0.25) is 0 Å². The Morgan fingerprint density at radius 3 is 2.73 bits per heavy atom. The highest BCUT2D eigenvalue weighted by atomic mass is 32.2. The number of benzene rings is 1. The predicted octanol–water partition coefficient (Wildman–Crippen LogP) is 3.05. The maximum Gasteiger partial charge on any atom is 0.236 e. The molecule has 6 heteroatoms. The minimum Gasteiger partial charge on any atom is -0.493 e. The molecule has 118 valence electrons. The number of carbonyl (C=O) groups excluding carboxylic acids is 1. The zero-order chi connectivity index (χ0) is 15.9. The summed E-state index contributed by atoms with van der Waals surface area (Å²) in [6.07, 6.45) is 1.11. The number of nitrogens with zero attached hydrogens (tertiary/aromatic N) is 2. The second kappa shape index (κ2) is 7.98. The Morgan fingerprint density at radius 1 is 1.41 bits per heavy atom. The molecular formula is C16H21N3O2S. The molecule has 1 atom stereocenters. The van der Waals surface area contributed by atoms with E-state index < -0.39 is 0 Å². The van der Waals surface area contributed by atoms with Crippen LogP contribution < -0.4 is 10.1 Å². The SMILES string of the molecule is CC[C@@H](C)COc1ccc(/C(C)=N\N=C2/NC(=O)CS2)cc1. The van der Waals surface area contributed by atoms with Crippen LogP contribution in [0.25, 0.3) is 0 Å². The van der Waals surface area contributed by atoms with E-state index >= 15 is 0 Å². The van der Waals surface area contributed by atoms with Crippen LogP contribution in [-0.4, -0.2) is 29.1 Å². The third kappa shape index (κ3) is 4.87. The molecule has 0 aliphatic carbocycles. The van der Waals surface area contributed by atoms with Crippen LogP contribution >= 0.6 is 11.8 Å². The second-order valence-corrected chi connectivity index (χ2v) is 6.24. The van der Waals surface area contributed by atoms with Crippen LogP contribution in [-0.2, 0) is 4.79 Å². The number of carbonyl (C=O) groups is 1. The largest absolute Gasteiger partial charge is 0.493 e. The number of amides is 1. The summed E-state index contributed by atoms with van der Waals surface area (Å²) in [7, 11) is 0. The van der Waals surface area contributed by atoms with Crippen molar-refractivity contribution in [1.82, 2.24) is 5.32 Å². The van der Waals surface area contributed by atoms with E-state index in [4.69, 9.17) is 4.74 Å². The number of hydrogen-bond donors (Lipinski definition) is 1. The molecular weight excluding hydrogens is 298 g/mol. The molecule has 1 aromatic rings. The number of amidine groups is 1. The smallest absolute Gasteiger partial charge is 0.236 e. The molecule has 22 heavy (non-hydrogen) atoms. The first-order chi connectivity index (χ1) is 10.6. The van der Waals surface area contributed by atoms with E-state index in [-0.39, 0.29) is 5.91 Å². The lowest BCUT2D eigenvalue weighted by Gasteiger charge is -2.11. The Morgan fingerprint density at radius 2 is 2.14 bits per heavy atom. The Balaban J connectivity index is 1.96. The molecule has 1 aromatic carbocycles. The van der Waals surface area contributed by atoms with Crippen molar-refractivity contribution in [3.8, 4) is 5.75 Å². The van der Waals surface area contributed by atoms with Gasteiger partial charge >= 0.3 is 0 Å². The van der Waals surface area contributed by atoms with Gasteiger partial charge in [-0.1, -0.05) is 32.0 Å². The maximum atomic E-state index is 11.1. The lowest BCUT2D eigenvalue weighted by molar-refractivity contribution is -0.116. The zero-order valence-electron chi connectivity index (χ0n) is 13.1. The van der Waals surface area contributed by atoms with Gasteiger partial charge in [0.15, 0.2) is 5.17 Å². The number of hydrogen-bond acceptors (Lipinski definition) is 5. The van der Waals surface area contributed by atoms with Gasteiger partial charge in [-0.05, 0) is 42.7 Å². The van der Waals surface area contributed by atoms with Crippen molar-refractivity contribution in [2.75, 3.05) is 12.4 Å². The molecule has 0 aromatic heterocycles. The van der Waals surface area contributed by atoms with E-state index in [2.05, 4.69) is 29.4 Å². The minimum atomic E-state index is -0.0283. The fraction of sp³-hybridized carbons (Fsp3) is 0.438. The number of nitrogens with one attached hydrogen (secondary N) is 1. The molecule has 1 aliphatic heterocycles. The molecule has 1 amide bonds. The summed E-state index contributed by atoms with van der Waals surface area (Å²) in [6, 6.07) is 7.81. The fourth-order valence-electron chi connectivity index (χ4n) is 1.71. The van der Waals surface area contributed by atoms with Gasteiger partial charge < -0.3 is 10.1 Å². The lowest BCUT2D eigenvalue weighted by Crippen LogP contribution is -2.19. The molecule has 0 spiro atoms. The highest BCUT2D eigenvalue weighted by molar-refractivity contribution is 8.15. The average molecular weight is 319 g/mol. The summed E-state index contributed by atoms with van der Waals surface area (Å²) in [5, 5.41) is 11.4. The van der Waals surface area contributed by atoms with Gasteiger partial charge in [0.2, 0.25) is 5.91 Å². The molecule has 5 nitrogen and oxygen atoms in total. The summed E-state index contributed by atoms with van der Waals surface area (Å²) in [4.78, 5) is 11.1. The molecule has 1 aliphatic rings. The predicted molar refractivity (Wildman–Crippen MR) is 91.6 cm³/mol. The van der Waals surface area contributed by atoms with Gasteiger partial charge in [0.1, 0.15) is 5.75 Å². The molecule has 1 saturated heterocycles. The molecule has 1 fully saturated rings. The normalized spacial score (nSPS) is 18.4.